The first kappa shape index (κ1) is 19.2. The molecular weight excluding hydrogens is 410 g/mol. The fourth-order valence-electron chi connectivity index (χ4n) is 5.55. The van der Waals surface area contributed by atoms with E-state index in [4.69, 9.17) is 9.97 Å². The number of rotatable bonds is 3. The molecule has 2 N–H and O–H groups in total. The zero-order valence-electron chi connectivity index (χ0n) is 18.8. The molecule has 2 aliphatic heterocycles. The van der Waals surface area contributed by atoms with E-state index in [-0.39, 0.29) is 0 Å². The van der Waals surface area contributed by atoms with Crippen LogP contribution in [-0.4, -0.2) is 44.1 Å². The molecule has 2 fully saturated rings. The Morgan fingerprint density at radius 3 is 2.97 bits per heavy atom. The molecule has 3 aliphatic rings. The van der Waals surface area contributed by atoms with Gasteiger partial charge in [-0.3, -0.25) is 4.98 Å². The lowest BCUT2D eigenvalue weighted by Gasteiger charge is -2.39. The number of aromatic nitrogens is 5. The molecule has 1 unspecified atom stereocenters. The molecule has 1 saturated carbocycles. The predicted octanol–water partition coefficient (Wildman–Crippen LogP) is 4.60. The SMILES string of the molecule is Cc1cc2c(-c3nc(N4CCCC5NCCC=C54)c4c(C5CC5)cncc4n3)ccnc2[nH]1. The average Bonchev–Trinajstić information content (AvgIpc) is 3.62. The number of hydrogen-bond donors (Lipinski definition) is 2. The fraction of sp³-hybridized carbons (Fsp3) is 0.385. The second kappa shape index (κ2) is 7.35. The third-order valence-electron chi connectivity index (χ3n) is 7.23. The Kier molecular flexibility index (Phi) is 4.27. The summed E-state index contributed by atoms with van der Waals surface area (Å²) in [5.74, 6) is 2.36. The van der Waals surface area contributed by atoms with Crippen LogP contribution in [0.2, 0.25) is 0 Å². The van der Waals surface area contributed by atoms with E-state index in [1.165, 1.54) is 35.9 Å². The lowest BCUT2D eigenvalue weighted by Crippen LogP contribution is -2.46. The van der Waals surface area contributed by atoms with Crippen molar-refractivity contribution in [2.45, 2.75) is 51.0 Å². The van der Waals surface area contributed by atoms with Gasteiger partial charge in [0.05, 0.1) is 11.7 Å². The molecule has 7 rings (SSSR count). The van der Waals surface area contributed by atoms with Gasteiger partial charge in [-0.2, -0.15) is 0 Å². The molecule has 0 spiro atoms. The molecular formula is C26H27N7. The van der Waals surface area contributed by atoms with Gasteiger partial charge in [0, 0.05) is 52.7 Å². The van der Waals surface area contributed by atoms with Crippen molar-refractivity contribution in [1.82, 2.24) is 30.2 Å². The van der Waals surface area contributed by atoms with Gasteiger partial charge in [-0.15, -0.1) is 0 Å². The van der Waals surface area contributed by atoms with Crippen molar-refractivity contribution in [3.63, 3.8) is 0 Å². The molecule has 1 atom stereocenters. The summed E-state index contributed by atoms with van der Waals surface area (Å²) in [6.45, 7) is 4.09. The Hall–Kier alpha value is -3.32. The topological polar surface area (TPSA) is 82.6 Å². The molecule has 6 heterocycles. The maximum atomic E-state index is 5.29. The first-order chi connectivity index (χ1) is 16.3. The minimum Gasteiger partial charge on any atom is -0.344 e. The zero-order valence-corrected chi connectivity index (χ0v) is 18.8. The van der Waals surface area contributed by atoms with Crippen LogP contribution >= 0.6 is 0 Å². The van der Waals surface area contributed by atoms with Crippen LogP contribution in [0.25, 0.3) is 33.3 Å². The minimum atomic E-state index is 0.409. The van der Waals surface area contributed by atoms with E-state index in [1.807, 2.05) is 24.7 Å². The third-order valence-corrected chi connectivity index (χ3v) is 7.23. The number of aromatic amines is 1. The lowest BCUT2D eigenvalue weighted by molar-refractivity contribution is 0.455. The molecule has 4 aromatic heterocycles. The van der Waals surface area contributed by atoms with Crippen molar-refractivity contribution < 1.29 is 0 Å². The highest BCUT2D eigenvalue weighted by molar-refractivity contribution is 5.97. The monoisotopic (exact) mass is 437 g/mol. The first-order valence-corrected chi connectivity index (χ1v) is 12.1. The van der Waals surface area contributed by atoms with Gasteiger partial charge >= 0.3 is 0 Å². The smallest absolute Gasteiger partial charge is 0.163 e. The van der Waals surface area contributed by atoms with E-state index in [1.54, 1.807) is 0 Å². The van der Waals surface area contributed by atoms with Crippen LogP contribution in [0.5, 0.6) is 0 Å². The van der Waals surface area contributed by atoms with Crippen LogP contribution in [0.15, 0.2) is 42.5 Å². The molecule has 7 heteroatoms. The van der Waals surface area contributed by atoms with Crippen LogP contribution in [-0.2, 0) is 0 Å². The molecule has 0 aromatic carbocycles. The Bertz CT molecular complexity index is 1420. The van der Waals surface area contributed by atoms with Gasteiger partial charge in [0.25, 0.3) is 0 Å². The number of nitrogens with zero attached hydrogens (tertiary/aromatic N) is 5. The van der Waals surface area contributed by atoms with Gasteiger partial charge in [-0.05, 0) is 69.2 Å². The molecule has 166 valence electrons. The number of nitrogens with one attached hydrogen (secondary N) is 2. The van der Waals surface area contributed by atoms with Crippen LogP contribution in [0, 0.1) is 6.92 Å². The fourth-order valence-corrected chi connectivity index (χ4v) is 5.55. The van der Waals surface area contributed by atoms with Gasteiger partial charge in [-0.25, -0.2) is 15.0 Å². The Balaban J connectivity index is 1.49. The maximum Gasteiger partial charge on any atom is 0.163 e. The second-order valence-corrected chi connectivity index (χ2v) is 9.56. The Labute approximate surface area is 192 Å². The molecule has 4 aromatic rings. The van der Waals surface area contributed by atoms with Gasteiger partial charge in [0.2, 0.25) is 0 Å². The highest BCUT2D eigenvalue weighted by Gasteiger charge is 2.33. The molecule has 7 nitrogen and oxygen atoms in total. The van der Waals surface area contributed by atoms with Crippen molar-refractivity contribution in [2.75, 3.05) is 18.0 Å². The van der Waals surface area contributed by atoms with E-state index in [2.05, 4.69) is 44.2 Å². The zero-order chi connectivity index (χ0) is 21.9. The quantitative estimate of drug-likeness (QED) is 0.487. The highest BCUT2D eigenvalue weighted by atomic mass is 15.2. The summed E-state index contributed by atoms with van der Waals surface area (Å²) in [7, 11) is 0. The highest BCUT2D eigenvalue weighted by Crippen LogP contribution is 2.46. The summed E-state index contributed by atoms with van der Waals surface area (Å²) in [5.41, 5.74) is 6.57. The van der Waals surface area contributed by atoms with Gasteiger partial charge in [0.15, 0.2) is 5.82 Å². The van der Waals surface area contributed by atoms with Crippen LogP contribution in [0.3, 0.4) is 0 Å². The molecule has 33 heavy (non-hydrogen) atoms. The number of piperidine rings is 1. The molecule has 1 saturated heterocycles. The largest absolute Gasteiger partial charge is 0.344 e. The molecule has 0 radical (unpaired) electrons. The molecule has 1 aliphatic carbocycles. The van der Waals surface area contributed by atoms with Crippen LogP contribution < -0.4 is 10.2 Å². The maximum absolute atomic E-state index is 5.29. The summed E-state index contributed by atoms with van der Waals surface area (Å²) in [4.78, 5) is 25.3. The average molecular weight is 438 g/mol. The van der Waals surface area contributed by atoms with E-state index in [0.29, 0.717) is 12.0 Å². The van der Waals surface area contributed by atoms with E-state index >= 15 is 0 Å². The van der Waals surface area contributed by atoms with E-state index in [0.717, 1.165) is 65.4 Å². The van der Waals surface area contributed by atoms with Gasteiger partial charge < -0.3 is 15.2 Å². The number of H-pyrrole nitrogens is 1. The van der Waals surface area contributed by atoms with E-state index < -0.39 is 0 Å². The van der Waals surface area contributed by atoms with Crippen molar-refractivity contribution in [3.05, 3.63) is 53.8 Å². The van der Waals surface area contributed by atoms with Crippen LogP contribution in [0.1, 0.15) is 49.3 Å². The van der Waals surface area contributed by atoms with Crippen molar-refractivity contribution in [2.24, 2.45) is 0 Å². The van der Waals surface area contributed by atoms with Crippen LogP contribution in [0.4, 0.5) is 5.82 Å². The van der Waals surface area contributed by atoms with Crippen molar-refractivity contribution >= 4 is 27.8 Å². The number of fused-ring (bicyclic) bond motifs is 3. The second-order valence-electron chi connectivity index (χ2n) is 9.56. The summed E-state index contributed by atoms with van der Waals surface area (Å²) >= 11 is 0. The van der Waals surface area contributed by atoms with Gasteiger partial charge in [0.1, 0.15) is 11.5 Å². The Morgan fingerprint density at radius 1 is 1.12 bits per heavy atom. The van der Waals surface area contributed by atoms with Crippen molar-refractivity contribution in [3.8, 4) is 11.4 Å². The number of anilines is 1. The normalized spacial score (nSPS) is 20.8. The first-order valence-electron chi connectivity index (χ1n) is 12.1. The minimum absolute atomic E-state index is 0.409. The summed E-state index contributed by atoms with van der Waals surface area (Å²) in [6, 6.07) is 4.57. The number of pyridine rings is 2. The predicted molar refractivity (Wildman–Crippen MR) is 130 cm³/mol. The summed E-state index contributed by atoms with van der Waals surface area (Å²) in [5, 5.41) is 5.95. The molecule has 0 amide bonds. The standard InChI is InChI=1S/C26H27N7/c1-15-12-18-17(8-10-29-24(18)30-15)25-31-21-14-27-13-19(16-6-7-16)23(21)26(32-25)33-11-3-4-20-22(33)5-2-9-28-20/h5,8,10,12-14,16,20,28H,2-4,6-7,9,11H2,1H3,(H,29,30). The van der Waals surface area contributed by atoms with E-state index in [9.17, 15) is 0 Å². The summed E-state index contributed by atoms with van der Waals surface area (Å²) in [6.07, 6.45) is 14.0. The number of hydrogen-bond acceptors (Lipinski definition) is 6. The summed E-state index contributed by atoms with van der Waals surface area (Å²) < 4.78 is 0. The van der Waals surface area contributed by atoms with Crippen molar-refractivity contribution in [1.29, 1.82) is 0 Å². The third kappa shape index (κ3) is 3.14. The molecule has 0 bridgehead atoms. The lowest BCUT2D eigenvalue weighted by atomic mass is 9.96. The number of aryl methyl sites for hydroxylation is 1. The van der Waals surface area contributed by atoms with Gasteiger partial charge in [-0.1, -0.05) is 6.08 Å². The Morgan fingerprint density at radius 2 is 2.06 bits per heavy atom.